The monoisotopic (exact) mass is 434 g/mol. The fourth-order valence-electron chi connectivity index (χ4n) is 3.54. The van der Waals surface area contributed by atoms with Crippen LogP contribution in [-0.4, -0.2) is 76.6 Å². The van der Waals surface area contributed by atoms with E-state index in [1.807, 2.05) is 30.3 Å². The molecule has 1 aliphatic rings. The summed E-state index contributed by atoms with van der Waals surface area (Å²) in [7, 11) is 0. The predicted molar refractivity (Wildman–Crippen MR) is 112 cm³/mol. The van der Waals surface area contributed by atoms with Crippen molar-refractivity contribution in [3.63, 3.8) is 0 Å². The van der Waals surface area contributed by atoms with Gasteiger partial charge in [-0.25, -0.2) is 4.79 Å². The van der Waals surface area contributed by atoms with Crippen LogP contribution in [-0.2, 0) is 25.6 Å². The van der Waals surface area contributed by atoms with Gasteiger partial charge in [0.25, 0.3) is 0 Å². The average Bonchev–Trinajstić information content (AvgIpc) is 3.23. The molecule has 2 amide bonds. The zero-order valence-electron chi connectivity index (χ0n) is 17.3. The first kappa shape index (κ1) is 24.3. The van der Waals surface area contributed by atoms with Crippen LogP contribution in [0.5, 0.6) is 0 Å². The highest BCUT2D eigenvalue weighted by Crippen LogP contribution is 2.18. The van der Waals surface area contributed by atoms with Gasteiger partial charge in [-0.05, 0) is 37.7 Å². The molecule has 10 heteroatoms. The zero-order chi connectivity index (χ0) is 22.8. The number of carboxylic acid groups (broad SMARTS) is 2. The SMILES string of the molecule is NC(CCNC(=O)CNC(CCc1ccccc1)C(=O)O)C(=O)N1CCC[C@H]1C(=O)O. The normalized spacial score (nSPS) is 17.7. The van der Waals surface area contributed by atoms with Gasteiger partial charge in [-0.3, -0.25) is 19.7 Å². The first-order chi connectivity index (χ1) is 14.8. The molecule has 1 aliphatic heterocycles. The molecule has 2 rings (SSSR count). The molecule has 170 valence electrons. The van der Waals surface area contributed by atoms with Crippen molar-refractivity contribution in [2.75, 3.05) is 19.6 Å². The number of likely N-dealkylation sites (tertiary alicyclic amines) is 1. The lowest BCUT2D eigenvalue weighted by Gasteiger charge is -2.24. The Balaban J connectivity index is 1.69. The molecule has 6 N–H and O–H groups in total. The number of benzene rings is 1. The Labute approximate surface area is 180 Å². The van der Waals surface area contributed by atoms with Crippen LogP contribution in [0, 0.1) is 0 Å². The lowest BCUT2D eigenvalue weighted by molar-refractivity contribution is -0.148. The van der Waals surface area contributed by atoms with Crippen LogP contribution in [0.1, 0.15) is 31.2 Å². The fourth-order valence-corrected chi connectivity index (χ4v) is 3.54. The summed E-state index contributed by atoms with van der Waals surface area (Å²) >= 11 is 0. The van der Waals surface area contributed by atoms with E-state index in [4.69, 9.17) is 10.8 Å². The minimum atomic E-state index is -1.04. The second-order valence-corrected chi connectivity index (χ2v) is 7.57. The molecule has 1 aromatic rings. The molecule has 0 aromatic heterocycles. The molecular formula is C21H30N4O6. The Kier molecular flexibility index (Phi) is 9.41. The van der Waals surface area contributed by atoms with Crippen molar-refractivity contribution < 1.29 is 29.4 Å². The van der Waals surface area contributed by atoms with E-state index in [1.54, 1.807) is 0 Å². The maximum absolute atomic E-state index is 12.4. The number of aliphatic carboxylic acids is 2. The molecule has 2 unspecified atom stereocenters. The Morgan fingerprint density at radius 1 is 1.13 bits per heavy atom. The number of amides is 2. The molecule has 1 aromatic carbocycles. The Morgan fingerprint density at radius 3 is 2.48 bits per heavy atom. The van der Waals surface area contributed by atoms with Gasteiger partial charge in [-0.2, -0.15) is 0 Å². The van der Waals surface area contributed by atoms with E-state index in [0.29, 0.717) is 32.2 Å². The highest BCUT2D eigenvalue weighted by atomic mass is 16.4. The molecule has 10 nitrogen and oxygen atoms in total. The smallest absolute Gasteiger partial charge is 0.326 e. The molecule has 1 saturated heterocycles. The van der Waals surface area contributed by atoms with Gasteiger partial charge in [-0.1, -0.05) is 30.3 Å². The van der Waals surface area contributed by atoms with Gasteiger partial charge in [0.05, 0.1) is 12.6 Å². The van der Waals surface area contributed by atoms with E-state index in [2.05, 4.69) is 10.6 Å². The molecule has 0 radical (unpaired) electrons. The van der Waals surface area contributed by atoms with Crippen LogP contribution in [0.3, 0.4) is 0 Å². The third kappa shape index (κ3) is 7.65. The molecule has 0 aliphatic carbocycles. The lowest BCUT2D eigenvalue weighted by atomic mass is 10.1. The summed E-state index contributed by atoms with van der Waals surface area (Å²) < 4.78 is 0. The molecule has 0 spiro atoms. The van der Waals surface area contributed by atoms with Gasteiger partial charge in [0.1, 0.15) is 12.1 Å². The van der Waals surface area contributed by atoms with Gasteiger partial charge >= 0.3 is 11.9 Å². The quantitative estimate of drug-likeness (QED) is 0.296. The fraction of sp³-hybridized carbons (Fsp3) is 0.524. The van der Waals surface area contributed by atoms with Crippen molar-refractivity contribution in [3.8, 4) is 0 Å². The maximum atomic E-state index is 12.4. The van der Waals surface area contributed by atoms with Crippen molar-refractivity contribution in [1.82, 2.24) is 15.5 Å². The summed E-state index contributed by atoms with van der Waals surface area (Å²) in [6.07, 6.45) is 2.09. The predicted octanol–water partition coefficient (Wildman–Crippen LogP) is -0.429. The van der Waals surface area contributed by atoms with Gasteiger partial charge in [0, 0.05) is 13.1 Å². The summed E-state index contributed by atoms with van der Waals surface area (Å²) in [6.45, 7) is 0.308. The summed E-state index contributed by atoms with van der Waals surface area (Å²) in [5, 5.41) is 23.8. The number of hydrogen-bond donors (Lipinski definition) is 5. The number of nitrogens with one attached hydrogen (secondary N) is 2. The first-order valence-electron chi connectivity index (χ1n) is 10.3. The van der Waals surface area contributed by atoms with E-state index in [0.717, 1.165) is 5.56 Å². The van der Waals surface area contributed by atoms with Crippen LogP contribution in [0.2, 0.25) is 0 Å². The number of carbonyl (C=O) groups is 4. The standard InChI is InChI=1S/C21H30N4O6/c22-15(19(27)25-12-4-7-17(25)21(30)31)10-11-23-18(26)13-24-16(20(28)29)9-8-14-5-2-1-3-6-14/h1-3,5-6,15-17,24H,4,7-13,22H2,(H,23,26)(H,28,29)(H,30,31)/t15?,16?,17-/m0/s1. The van der Waals surface area contributed by atoms with Crippen molar-refractivity contribution in [2.24, 2.45) is 5.73 Å². The lowest BCUT2D eigenvalue weighted by Crippen LogP contribution is -2.49. The van der Waals surface area contributed by atoms with Crippen LogP contribution in [0.4, 0.5) is 0 Å². The Bertz CT molecular complexity index is 772. The van der Waals surface area contributed by atoms with Crippen molar-refractivity contribution >= 4 is 23.8 Å². The van der Waals surface area contributed by atoms with Crippen LogP contribution in [0.15, 0.2) is 30.3 Å². The van der Waals surface area contributed by atoms with Gasteiger partial charge in [-0.15, -0.1) is 0 Å². The first-order valence-corrected chi connectivity index (χ1v) is 10.3. The molecule has 1 fully saturated rings. The van der Waals surface area contributed by atoms with E-state index < -0.39 is 41.9 Å². The highest BCUT2D eigenvalue weighted by molar-refractivity contribution is 5.87. The molecule has 1 heterocycles. The van der Waals surface area contributed by atoms with Gasteiger partial charge in [0.15, 0.2) is 0 Å². The Morgan fingerprint density at radius 2 is 1.84 bits per heavy atom. The number of carboxylic acids is 2. The number of nitrogens with zero attached hydrogens (tertiary/aromatic N) is 1. The molecule has 31 heavy (non-hydrogen) atoms. The van der Waals surface area contributed by atoms with E-state index in [9.17, 15) is 24.3 Å². The second kappa shape index (κ2) is 12.0. The summed E-state index contributed by atoms with van der Waals surface area (Å²) in [6, 6.07) is 6.86. The summed E-state index contributed by atoms with van der Waals surface area (Å²) in [5.41, 5.74) is 6.89. The van der Waals surface area contributed by atoms with Crippen molar-refractivity contribution in [1.29, 1.82) is 0 Å². The average molecular weight is 434 g/mol. The Hall–Kier alpha value is -2.98. The minimum Gasteiger partial charge on any atom is -0.480 e. The number of aryl methyl sites for hydroxylation is 1. The van der Waals surface area contributed by atoms with E-state index >= 15 is 0 Å². The number of hydrogen-bond acceptors (Lipinski definition) is 6. The summed E-state index contributed by atoms with van der Waals surface area (Å²) in [4.78, 5) is 48.3. The van der Waals surface area contributed by atoms with Gasteiger partial charge in [0.2, 0.25) is 11.8 Å². The van der Waals surface area contributed by atoms with Crippen molar-refractivity contribution in [3.05, 3.63) is 35.9 Å². The highest BCUT2D eigenvalue weighted by Gasteiger charge is 2.35. The van der Waals surface area contributed by atoms with Gasteiger partial charge < -0.3 is 26.2 Å². The third-order valence-electron chi connectivity index (χ3n) is 5.29. The largest absolute Gasteiger partial charge is 0.480 e. The van der Waals surface area contributed by atoms with Crippen LogP contribution >= 0.6 is 0 Å². The van der Waals surface area contributed by atoms with Crippen molar-refractivity contribution in [2.45, 2.75) is 50.2 Å². The second-order valence-electron chi connectivity index (χ2n) is 7.57. The zero-order valence-corrected chi connectivity index (χ0v) is 17.3. The minimum absolute atomic E-state index is 0.126. The number of rotatable bonds is 12. The van der Waals surface area contributed by atoms with Crippen LogP contribution in [0.25, 0.3) is 0 Å². The molecular weight excluding hydrogens is 404 g/mol. The molecule has 0 saturated carbocycles. The molecule has 3 atom stereocenters. The maximum Gasteiger partial charge on any atom is 0.326 e. The summed E-state index contributed by atoms with van der Waals surface area (Å²) in [5.74, 6) is -2.92. The third-order valence-corrected chi connectivity index (χ3v) is 5.29. The number of nitrogens with two attached hydrogens (primary N) is 1. The van der Waals surface area contributed by atoms with E-state index in [1.165, 1.54) is 4.90 Å². The topological polar surface area (TPSA) is 162 Å². The van der Waals surface area contributed by atoms with E-state index in [-0.39, 0.29) is 19.5 Å². The number of carbonyl (C=O) groups excluding carboxylic acids is 2. The molecule has 0 bridgehead atoms. The van der Waals surface area contributed by atoms with Crippen LogP contribution < -0.4 is 16.4 Å².